The van der Waals surface area contributed by atoms with Crippen molar-refractivity contribution in [2.45, 2.75) is 32.9 Å². The second-order valence-corrected chi connectivity index (χ2v) is 8.95. The minimum absolute atomic E-state index is 0.0297. The SMILES string of the molecule is CNc1ccc(CNC(=O)CNC(=O)[C@@H](C)[C@H](Cc2ccccc2)NC(=O)c2cccc(O)c2C)cc1. The van der Waals surface area contributed by atoms with E-state index >= 15 is 0 Å². The number of hydrogen-bond acceptors (Lipinski definition) is 5. The van der Waals surface area contributed by atoms with Gasteiger partial charge in [0.05, 0.1) is 12.5 Å². The van der Waals surface area contributed by atoms with Gasteiger partial charge in [-0.3, -0.25) is 14.4 Å². The molecule has 0 aliphatic carbocycles. The van der Waals surface area contributed by atoms with Gasteiger partial charge in [-0.05, 0) is 48.7 Å². The fourth-order valence-electron chi connectivity index (χ4n) is 3.90. The summed E-state index contributed by atoms with van der Waals surface area (Å²) in [6.45, 7) is 3.57. The van der Waals surface area contributed by atoms with Crippen molar-refractivity contribution in [2.75, 3.05) is 18.9 Å². The van der Waals surface area contributed by atoms with Gasteiger partial charge in [0, 0.05) is 36.4 Å². The zero-order valence-electron chi connectivity index (χ0n) is 21.4. The number of amides is 3. The molecule has 0 aliphatic heterocycles. The molecule has 0 aliphatic rings. The minimum Gasteiger partial charge on any atom is -0.508 e. The van der Waals surface area contributed by atoms with Crippen LogP contribution < -0.4 is 21.3 Å². The maximum Gasteiger partial charge on any atom is 0.251 e. The Kier molecular flexibility index (Phi) is 9.66. The fraction of sp³-hybridized carbons (Fsp3) is 0.276. The van der Waals surface area contributed by atoms with E-state index in [1.807, 2.05) is 61.6 Å². The van der Waals surface area contributed by atoms with Crippen LogP contribution in [0.15, 0.2) is 72.8 Å². The average molecular weight is 503 g/mol. The quantitative estimate of drug-likeness (QED) is 0.276. The number of phenolic OH excluding ortho intramolecular Hbond substituents is 1. The van der Waals surface area contributed by atoms with Gasteiger partial charge in [0.25, 0.3) is 5.91 Å². The summed E-state index contributed by atoms with van der Waals surface area (Å²) in [5.41, 5.74) is 3.69. The first-order valence-corrected chi connectivity index (χ1v) is 12.2. The van der Waals surface area contributed by atoms with Gasteiger partial charge in [-0.25, -0.2) is 0 Å². The van der Waals surface area contributed by atoms with E-state index in [4.69, 9.17) is 0 Å². The molecule has 3 aromatic rings. The van der Waals surface area contributed by atoms with Gasteiger partial charge >= 0.3 is 0 Å². The van der Waals surface area contributed by atoms with Gasteiger partial charge in [-0.2, -0.15) is 0 Å². The third-order valence-electron chi connectivity index (χ3n) is 6.34. The molecule has 5 N–H and O–H groups in total. The van der Waals surface area contributed by atoms with Gasteiger partial charge in [0.1, 0.15) is 5.75 Å². The molecule has 8 nitrogen and oxygen atoms in total. The predicted octanol–water partition coefficient (Wildman–Crippen LogP) is 3.15. The summed E-state index contributed by atoms with van der Waals surface area (Å²) in [6, 6.07) is 21.4. The maximum absolute atomic E-state index is 13.0. The van der Waals surface area contributed by atoms with E-state index in [9.17, 15) is 19.5 Å². The van der Waals surface area contributed by atoms with Crippen LogP contribution in [0.1, 0.15) is 34.0 Å². The highest BCUT2D eigenvalue weighted by Gasteiger charge is 2.27. The summed E-state index contributed by atoms with van der Waals surface area (Å²) in [5.74, 6) is -1.62. The zero-order valence-corrected chi connectivity index (χ0v) is 21.4. The Bertz CT molecular complexity index is 1210. The van der Waals surface area contributed by atoms with E-state index in [1.54, 1.807) is 26.0 Å². The number of carbonyl (C=O) groups excluding carboxylic acids is 3. The number of anilines is 1. The van der Waals surface area contributed by atoms with E-state index in [0.717, 1.165) is 16.8 Å². The van der Waals surface area contributed by atoms with Crippen molar-refractivity contribution in [2.24, 2.45) is 5.92 Å². The Hall–Kier alpha value is -4.33. The molecule has 194 valence electrons. The first kappa shape index (κ1) is 27.3. The van der Waals surface area contributed by atoms with Crippen LogP contribution in [0.4, 0.5) is 5.69 Å². The lowest BCUT2D eigenvalue weighted by Gasteiger charge is -2.25. The van der Waals surface area contributed by atoms with E-state index in [-0.39, 0.29) is 30.0 Å². The highest BCUT2D eigenvalue weighted by atomic mass is 16.3. The number of benzene rings is 3. The van der Waals surface area contributed by atoms with Crippen LogP contribution in [0.3, 0.4) is 0 Å². The number of phenols is 1. The van der Waals surface area contributed by atoms with Crippen molar-refractivity contribution < 1.29 is 19.5 Å². The first-order chi connectivity index (χ1) is 17.8. The second kappa shape index (κ2) is 13.1. The number of nitrogens with one attached hydrogen (secondary N) is 4. The van der Waals surface area contributed by atoms with Crippen molar-refractivity contribution in [3.05, 3.63) is 95.1 Å². The van der Waals surface area contributed by atoms with Crippen molar-refractivity contribution in [1.29, 1.82) is 0 Å². The van der Waals surface area contributed by atoms with Crippen molar-refractivity contribution in [3.63, 3.8) is 0 Å². The molecule has 0 saturated heterocycles. The molecule has 3 aromatic carbocycles. The molecule has 0 bridgehead atoms. The molecule has 3 rings (SSSR count). The van der Waals surface area contributed by atoms with E-state index in [1.165, 1.54) is 6.07 Å². The van der Waals surface area contributed by atoms with E-state index in [0.29, 0.717) is 24.1 Å². The van der Waals surface area contributed by atoms with Crippen molar-refractivity contribution in [1.82, 2.24) is 16.0 Å². The number of aromatic hydroxyl groups is 1. The lowest BCUT2D eigenvalue weighted by Crippen LogP contribution is -2.48. The van der Waals surface area contributed by atoms with Crippen molar-refractivity contribution in [3.8, 4) is 5.75 Å². The molecule has 37 heavy (non-hydrogen) atoms. The molecule has 0 radical (unpaired) electrons. The smallest absolute Gasteiger partial charge is 0.251 e. The summed E-state index contributed by atoms with van der Waals surface area (Å²) in [7, 11) is 1.84. The minimum atomic E-state index is -0.622. The van der Waals surface area contributed by atoms with E-state index < -0.39 is 12.0 Å². The second-order valence-electron chi connectivity index (χ2n) is 8.95. The molecule has 0 fully saturated rings. The highest BCUT2D eigenvalue weighted by Crippen LogP contribution is 2.20. The summed E-state index contributed by atoms with van der Waals surface area (Å²) in [4.78, 5) is 38.4. The normalized spacial score (nSPS) is 12.2. The Morgan fingerprint density at radius 1 is 0.865 bits per heavy atom. The third-order valence-corrected chi connectivity index (χ3v) is 6.34. The Morgan fingerprint density at radius 2 is 1.57 bits per heavy atom. The standard InChI is InChI=1S/C29H34N4O4/c1-19-24(10-7-11-26(19)34)29(37)33-25(16-21-8-5-4-6-9-21)20(2)28(36)32-18-27(35)31-17-22-12-14-23(30-3)15-13-22/h4-15,20,25,30,34H,16-18H2,1-3H3,(H,31,35)(H,32,36)(H,33,37)/t20-,25-/m0/s1. The van der Waals surface area contributed by atoms with Crippen LogP contribution in [0.25, 0.3) is 0 Å². The Labute approximate surface area is 217 Å². The third kappa shape index (κ3) is 7.83. The maximum atomic E-state index is 13.0. The monoisotopic (exact) mass is 502 g/mol. The van der Waals surface area contributed by atoms with Gasteiger partial charge in [-0.15, -0.1) is 0 Å². The van der Waals surface area contributed by atoms with Crippen LogP contribution in [-0.2, 0) is 22.6 Å². The lowest BCUT2D eigenvalue weighted by atomic mass is 9.93. The molecule has 2 atom stereocenters. The average Bonchev–Trinajstić information content (AvgIpc) is 2.92. The number of hydrogen-bond donors (Lipinski definition) is 5. The molecule has 8 heteroatoms. The molecular weight excluding hydrogens is 468 g/mol. The molecule has 0 aromatic heterocycles. The van der Waals surface area contributed by atoms with Crippen LogP contribution in [0, 0.1) is 12.8 Å². The molecular formula is C29H34N4O4. The van der Waals surface area contributed by atoms with Gasteiger partial charge in [-0.1, -0.05) is 55.5 Å². The molecule has 3 amide bonds. The molecule has 0 spiro atoms. The fourth-order valence-corrected chi connectivity index (χ4v) is 3.90. The Morgan fingerprint density at radius 3 is 2.24 bits per heavy atom. The topological polar surface area (TPSA) is 120 Å². The van der Waals surface area contributed by atoms with Gasteiger partial charge < -0.3 is 26.4 Å². The van der Waals surface area contributed by atoms with Crippen LogP contribution in [0.2, 0.25) is 0 Å². The van der Waals surface area contributed by atoms with Crippen LogP contribution >= 0.6 is 0 Å². The van der Waals surface area contributed by atoms with Crippen LogP contribution in [0.5, 0.6) is 5.75 Å². The highest BCUT2D eigenvalue weighted by molar-refractivity contribution is 5.97. The number of rotatable bonds is 11. The molecule has 0 heterocycles. The van der Waals surface area contributed by atoms with Crippen molar-refractivity contribution >= 4 is 23.4 Å². The predicted molar refractivity (Wildman–Crippen MR) is 144 cm³/mol. The molecule has 0 unspecified atom stereocenters. The summed E-state index contributed by atoms with van der Waals surface area (Å²) in [6.07, 6.45) is 0.424. The summed E-state index contributed by atoms with van der Waals surface area (Å²) < 4.78 is 0. The van der Waals surface area contributed by atoms with Gasteiger partial charge in [0.15, 0.2) is 0 Å². The largest absolute Gasteiger partial charge is 0.508 e. The molecule has 0 saturated carbocycles. The number of carbonyl (C=O) groups is 3. The Balaban J connectivity index is 1.61. The van der Waals surface area contributed by atoms with Gasteiger partial charge in [0.2, 0.25) is 11.8 Å². The summed E-state index contributed by atoms with van der Waals surface area (Å²) in [5, 5.41) is 21.5. The summed E-state index contributed by atoms with van der Waals surface area (Å²) >= 11 is 0. The van der Waals surface area contributed by atoms with Crippen LogP contribution in [-0.4, -0.2) is 42.5 Å². The zero-order chi connectivity index (χ0) is 26.8. The lowest BCUT2D eigenvalue weighted by molar-refractivity contribution is -0.128. The first-order valence-electron chi connectivity index (χ1n) is 12.2. The van der Waals surface area contributed by atoms with E-state index in [2.05, 4.69) is 21.3 Å².